The molecule has 0 saturated carbocycles. The SMILES string of the molecule is CC(=O)C1=CC=CC([SiH3])(C(C)=O)C1. The largest absolute Gasteiger partial charge is 0.299 e. The summed E-state index contributed by atoms with van der Waals surface area (Å²) in [5.74, 6) is 0.244. The number of hydrogen-bond donors (Lipinski definition) is 0. The van der Waals surface area contributed by atoms with Crippen LogP contribution in [-0.4, -0.2) is 21.8 Å². The van der Waals surface area contributed by atoms with Crippen molar-refractivity contribution < 1.29 is 9.59 Å². The van der Waals surface area contributed by atoms with E-state index in [1.807, 2.05) is 12.2 Å². The van der Waals surface area contributed by atoms with E-state index in [0.717, 1.165) is 15.8 Å². The Kier molecular flexibility index (Phi) is 2.66. The zero-order valence-corrected chi connectivity index (χ0v) is 10.3. The van der Waals surface area contributed by atoms with E-state index in [2.05, 4.69) is 0 Å². The van der Waals surface area contributed by atoms with Gasteiger partial charge in [-0.15, -0.1) is 0 Å². The molecule has 70 valence electrons. The molecule has 2 nitrogen and oxygen atoms in total. The first kappa shape index (κ1) is 10.1. The van der Waals surface area contributed by atoms with Crippen LogP contribution in [0, 0.1) is 0 Å². The number of Topliss-reactive ketones (excluding diaryl/α,β-unsaturated/α-hetero) is 2. The average molecular weight is 194 g/mol. The number of allylic oxidation sites excluding steroid dienone is 4. The number of carbonyl (C=O) groups is 2. The van der Waals surface area contributed by atoms with E-state index in [1.54, 1.807) is 19.9 Å². The maximum Gasteiger partial charge on any atom is 0.155 e. The first-order valence-corrected chi connectivity index (χ1v) is 5.36. The molecule has 0 saturated heterocycles. The van der Waals surface area contributed by atoms with Gasteiger partial charge in [0.2, 0.25) is 0 Å². The van der Waals surface area contributed by atoms with Gasteiger partial charge in [-0.2, -0.15) is 0 Å². The van der Waals surface area contributed by atoms with Crippen LogP contribution in [-0.2, 0) is 9.59 Å². The zero-order chi connectivity index (χ0) is 10.1. The van der Waals surface area contributed by atoms with Gasteiger partial charge in [-0.3, -0.25) is 9.59 Å². The molecule has 1 aliphatic carbocycles. The second-order valence-corrected chi connectivity index (χ2v) is 5.54. The standard InChI is InChI=1S/C10H14O2Si/c1-7(11)9-4-3-5-10(13,6-9)8(2)12/h3-5H,6H2,1-2,13H3. The summed E-state index contributed by atoms with van der Waals surface area (Å²) in [6.07, 6.45) is 6.16. The summed E-state index contributed by atoms with van der Waals surface area (Å²) < 4.78 is 0. The molecule has 0 heterocycles. The van der Waals surface area contributed by atoms with E-state index in [1.165, 1.54) is 0 Å². The smallest absolute Gasteiger partial charge is 0.155 e. The lowest BCUT2D eigenvalue weighted by Gasteiger charge is -2.25. The first-order valence-electron chi connectivity index (χ1n) is 4.36. The number of hydrogen-bond acceptors (Lipinski definition) is 2. The van der Waals surface area contributed by atoms with E-state index >= 15 is 0 Å². The monoisotopic (exact) mass is 194 g/mol. The maximum absolute atomic E-state index is 11.3. The molecule has 0 radical (unpaired) electrons. The molecule has 13 heavy (non-hydrogen) atoms. The van der Waals surface area contributed by atoms with Gasteiger partial charge in [0.1, 0.15) is 5.78 Å². The highest BCUT2D eigenvalue weighted by atomic mass is 28.1. The molecule has 1 aliphatic rings. The van der Waals surface area contributed by atoms with Gasteiger partial charge >= 0.3 is 0 Å². The van der Waals surface area contributed by atoms with Crippen molar-refractivity contribution in [3.63, 3.8) is 0 Å². The fraction of sp³-hybridized carbons (Fsp3) is 0.400. The van der Waals surface area contributed by atoms with E-state index in [4.69, 9.17) is 0 Å². The minimum Gasteiger partial charge on any atom is -0.299 e. The van der Waals surface area contributed by atoms with E-state index in [-0.39, 0.29) is 16.6 Å². The third-order valence-corrected chi connectivity index (χ3v) is 3.97. The minimum absolute atomic E-state index is 0.0748. The Hall–Kier alpha value is -0.963. The topological polar surface area (TPSA) is 34.1 Å². The Balaban J connectivity index is 2.92. The first-order chi connectivity index (χ1) is 5.96. The Morgan fingerprint density at radius 3 is 2.54 bits per heavy atom. The summed E-state index contributed by atoms with van der Waals surface area (Å²) in [5.41, 5.74) is 0.771. The Labute approximate surface area is 81.1 Å². The number of ketones is 2. The molecule has 1 unspecified atom stereocenters. The molecule has 1 atom stereocenters. The molecule has 0 amide bonds. The van der Waals surface area contributed by atoms with Gasteiger partial charge < -0.3 is 0 Å². The van der Waals surface area contributed by atoms with Crippen LogP contribution >= 0.6 is 0 Å². The van der Waals surface area contributed by atoms with Crippen molar-refractivity contribution in [2.45, 2.75) is 25.3 Å². The molecule has 3 heteroatoms. The van der Waals surface area contributed by atoms with Gasteiger partial charge in [0.25, 0.3) is 0 Å². The predicted molar refractivity (Wildman–Crippen MR) is 55.8 cm³/mol. The van der Waals surface area contributed by atoms with Gasteiger partial charge in [-0.1, -0.05) is 18.2 Å². The summed E-state index contributed by atoms with van der Waals surface area (Å²) in [6, 6.07) is 0. The predicted octanol–water partition coefficient (Wildman–Crippen LogP) is 0.575. The van der Waals surface area contributed by atoms with Crippen molar-refractivity contribution in [1.29, 1.82) is 0 Å². The Morgan fingerprint density at radius 1 is 1.46 bits per heavy atom. The lowest BCUT2D eigenvalue weighted by molar-refractivity contribution is -0.118. The second-order valence-electron chi connectivity index (χ2n) is 3.76. The molecule has 0 N–H and O–H groups in total. The summed E-state index contributed by atoms with van der Waals surface area (Å²) in [6.45, 7) is 3.15. The molecule has 0 fully saturated rings. The lowest BCUT2D eigenvalue weighted by atomic mass is 9.88. The van der Waals surface area contributed by atoms with Crippen molar-refractivity contribution in [2.24, 2.45) is 0 Å². The second kappa shape index (κ2) is 3.42. The van der Waals surface area contributed by atoms with Crippen LogP contribution in [0.1, 0.15) is 20.3 Å². The molecule has 0 aromatic heterocycles. The van der Waals surface area contributed by atoms with Crippen LogP contribution in [0.25, 0.3) is 0 Å². The van der Waals surface area contributed by atoms with E-state index < -0.39 is 0 Å². The van der Waals surface area contributed by atoms with Crippen LogP contribution < -0.4 is 0 Å². The number of carbonyl (C=O) groups excluding carboxylic acids is 2. The molecular formula is C10H14O2Si. The molecular weight excluding hydrogens is 180 g/mol. The minimum atomic E-state index is -0.338. The fourth-order valence-electron chi connectivity index (χ4n) is 1.37. The zero-order valence-electron chi connectivity index (χ0n) is 8.26. The van der Waals surface area contributed by atoms with Crippen molar-refractivity contribution in [3.8, 4) is 0 Å². The van der Waals surface area contributed by atoms with Crippen molar-refractivity contribution >= 4 is 21.8 Å². The Bertz CT molecular complexity index is 315. The molecule has 0 aromatic carbocycles. The fourth-order valence-corrected chi connectivity index (χ4v) is 1.95. The van der Waals surface area contributed by atoms with Crippen molar-refractivity contribution in [1.82, 2.24) is 0 Å². The van der Waals surface area contributed by atoms with Crippen LogP contribution in [0.3, 0.4) is 0 Å². The van der Waals surface area contributed by atoms with Crippen molar-refractivity contribution in [3.05, 3.63) is 23.8 Å². The quantitative estimate of drug-likeness (QED) is 0.602. The highest BCUT2D eigenvalue weighted by Gasteiger charge is 2.30. The van der Waals surface area contributed by atoms with Gasteiger partial charge in [-0.05, 0) is 25.8 Å². The average Bonchev–Trinajstić information content (AvgIpc) is 2.04. The highest BCUT2D eigenvalue weighted by molar-refractivity contribution is 6.30. The summed E-state index contributed by atoms with van der Waals surface area (Å²) >= 11 is 0. The van der Waals surface area contributed by atoms with Crippen LogP contribution in [0.4, 0.5) is 0 Å². The molecule has 0 aromatic rings. The summed E-state index contributed by atoms with van der Waals surface area (Å²) in [5, 5.41) is -0.338. The van der Waals surface area contributed by atoms with Crippen LogP contribution in [0.15, 0.2) is 23.8 Å². The summed E-state index contributed by atoms with van der Waals surface area (Å²) in [7, 11) is 0.769. The third-order valence-electron chi connectivity index (χ3n) is 2.58. The van der Waals surface area contributed by atoms with E-state index in [0.29, 0.717) is 6.42 Å². The molecule has 0 spiro atoms. The number of rotatable bonds is 2. The summed E-state index contributed by atoms with van der Waals surface area (Å²) in [4.78, 5) is 22.4. The molecule has 1 rings (SSSR count). The lowest BCUT2D eigenvalue weighted by Crippen LogP contribution is -2.23. The van der Waals surface area contributed by atoms with Gasteiger partial charge in [-0.25, -0.2) is 0 Å². The van der Waals surface area contributed by atoms with Gasteiger partial charge in [0, 0.05) is 15.3 Å². The van der Waals surface area contributed by atoms with Gasteiger partial charge in [0.05, 0.1) is 0 Å². The third kappa shape index (κ3) is 2.04. The van der Waals surface area contributed by atoms with Crippen LogP contribution in [0.2, 0.25) is 5.04 Å². The normalized spacial score (nSPS) is 27.1. The highest BCUT2D eigenvalue weighted by Crippen LogP contribution is 2.36. The molecule has 0 bridgehead atoms. The van der Waals surface area contributed by atoms with Crippen LogP contribution in [0.5, 0.6) is 0 Å². The molecule has 0 aliphatic heterocycles. The Morgan fingerprint density at radius 2 is 2.08 bits per heavy atom. The van der Waals surface area contributed by atoms with E-state index in [9.17, 15) is 9.59 Å². The van der Waals surface area contributed by atoms with Crippen molar-refractivity contribution in [2.75, 3.05) is 0 Å². The maximum atomic E-state index is 11.3. The van der Waals surface area contributed by atoms with Gasteiger partial charge in [0.15, 0.2) is 5.78 Å².